The molecule has 0 amide bonds. The molecule has 0 saturated heterocycles. The van der Waals surface area contributed by atoms with Gasteiger partial charge in [0.05, 0.1) is 29.9 Å². The lowest BCUT2D eigenvalue weighted by Gasteiger charge is -2.04. The fraction of sp³-hybridized carbons (Fsp3) is 0.467. The minimum atomic E-state index is -3.37. The first-order chi connectivity index (χ1) is 10.9. The number of thiophene rings is 1. The van der Waals surface area contributed by atoms with Gasteiger partial charge in [-0.1, -0.05) is 6.07 Å². The lowest BCUT2D eigenvalue weighted by molar-refractivity contribution is -0.677. The van der Waals surface area contributed by atoms with Gasteiger partial charge in [-0.2, -0.15) is 5.10 Å². The van der Waals surface area contributed by atoms with Crippen molar-refractivity contribution in [1.82, 2.24) is 9.40 Å². The Hall–Kier alpha value is -1.67. The van der Waals surface area contributed by atoms with E-state index in [9.17, 15) is 8.42 Å². The number of hydrogen-bond donors (Lipinski definition) is 1. The molecule has 1 N–H and O–H groups in total. The van der Waals surface area contributed by atoms with Crippen LogP contribution in [0.5, 0.6) is 0 Å². The molecule has 0 aliphatic rings. The average molecular weight is 356 g/mol. The summed E-state index contributed by atoms with van der Waals surface area (Å²) in [6.07, 6.45) is 5.42. The summed E-state index contributed by atoms with van der Waals surface area (Å²) in [7, 11) is -1.38. The van der Waals surface area contributed by atoms with Crippen LogP contribution in [-0.4, -0.2) is 24.4 Å². The maximum atomic E-state index is 12.0. The van der Waals surface area contributed by atoms with E-state index in [0.717, 1.165) is 23.7 Å². The topological polar surface area (TPSA) is 67.3 Å². The predicted octanol–water partition coefficient (Wildman–Crippen LogP) is 1.81. The predicted molar refractivity (Wildman–Crippen MR) is 93.0 cm³/mol. The van der Waals surface area contributed by atoms with Crippen molar-refractivity contribution in [2.45, 2.75) is 33.2 Å². The molecule has 2 aromatic heterocycles. The highest BCUT2D eigenvalue weighted by molar-refractivity contribution is 7.89. The third kappa shape index (κ3) is 5.18. The van der Waals surface area contributed by atoms with E-state index in [-0.39, 0.29) is 5.75 Å². The Balaban J connectivity index is 1.78. The Morgan fingerprint density at radius 3 is 2.83 bits per heavy atom. The quantitative estimate of drug-likeness (QED) is 0.340. The van der Waals surface area contributed by atoms with E-state index in [1.54, 1.807) is 6.92 Å². The Bertz CT molecular complexity index is 762. The third-order valence-corrected chi connectivity index (χ3v) is 5.86. The number of imidazole rings is 1. The van der Waals surface area contributed by atoms with Gasteiger partial charge in [0.25, 0.3) is 5.82 Å². The minimum Gasteiger partial charge on any atom is -0.237 e. The third-order valence-electron chi connectivity index (χ3n) is 3.69. The van der Waals surface area contributed by atoms with Crippen LogP contribution in [0.1, 0.15) is 30.5 Å². The summed E-state index contributed by atoms with van der Waals surface area (Å²) in [6, 6.07) is 3.83. The van der Waals surface area contributed by atoms with E-state index in [0.29, 0.717) is 12.1 Å². The van der Waals surface area contributed by atoms with Crippen LogP contribution in [0.2, 0.25) is 0 Å². The Morgan fingerprint density at radius 1 is 1.43 bits per heavy atom. The molecule has 0 spiro atoms. The van der Waals surface area contributed by atoms with E-state index < -0.39 is 10.0 Å². The number of aromatic nitrogens is 2. The minimum absolute atomic E-state index is 0.0840. The fourth-order valence-corrected chi connectivity index (χ4v) is 3.76. The van der Waals surface area contributed by atoms with E-state index in [1.165, 1.54) is 11.3 Å². The van der Waals surface area contributed by atoms with Crippen molar-refractivity contribution < 1.29 is 13.0 Å². The summed E-state index contributed by atoms with van der Waals surface area (Å²) in [5, 5.41) is 5.91. The SMILES string of the molecule is C/C(=N/NS(=O)(=O)CCCCn1cc[n+](C)c1C)c1cccs1. The van der Waals surface area contributed by atoms with Crippen LogP contribution >= 0.6 is 11.3 Å². The standard InChI is InChI=1S/C15H23N4O2S2/c1-13(15-7-6-11-22-15)16-17-23(20,21)12-5-4-8-19-10-9-18(3)14(19)2/h6-7,9-11,17H,4-5,8,12H2,1-3H3/q+1/b16-13-. The number of hydrogen-bond acceptors (Lipinski definition) is 4. The second kappa shape index (κ2) is 7.74. The molecule has 0 fully saturated rings. The van der Waals surface area contributed by atoms with Crippen molar-refractivity contribution >= 4 is 27.1 Å². The Morgan fingerprint density at radius 2 is 2.22 bits per heavy atom. The molecule has 0 bridgehead atoms. The molecule has 6 nitrogen and oxygen atoms in total. The van der Waals surface area contributed by atoms with E-state index in [2.05, 4.69) is 14.5 Å². The molecular formula is C15H23N4O2S2+. The number of nitrogens with zero attached hydrogens (tertiary/aromatic N) is 3. The van der Waals surface area contributed by atoms with Gasteiger partial charge in [-0.05, 0) is 31.2 Å². The zero-order valence-corrected chi connectivity index (χ0v) is 15.3. The summed E-state index contributed by atoms with van der Waals surface area (Å²) >= 11 is 1.53. The van der Waals surface area contributed by atoms with Crippen molar-refractivity contribution in [2.75, 3.05) is 5.75 Å². The highest BCUT2D eigenvalue weighted by Gasteiger charge is 2.11. The van der Waals surface area contributed by atoms with E-state index in [4.69, 9.17) is 0 Å². The van der Waals surface area contributed by atoms with Crippen molar-refractivity contribution in [3.05, 3.63) is 40.6 Å². The molecule has 0 unspecified atom stereocenters. The lowest BCUT2D eigenvalue weighted by Crippen LogP contribution is -2.29. The number of rotatable bonds is 8. The van der Waals surface area contributed by atoms with Gasteiger partial charge in [-0.15, -0.1) is 11.3 Å². The van der Waals surface area contributed by atoms with Gasteiger partial charge in [0.2, 0.25) is 10.0 Å². The average Bonchev–Trinajstić information content (AvgIpc) is 3.14. The summed E-state index contributed by atoms with van der Waals surface area (Å²) < 4.78 is 28.1. The normalized spacial score (nSPS) is 12.6. The smallest absolute Gasteiger partial charge is 0.237 e. The second-order valence-electron chi connectivity index (χ2n) is 5.44. The molecule has 2 aromatic rings. The van der Waals surface area contributed by atoms with Crippen LogP contribution in [0.25, 0.3) is 0 Å². The summed E-state index contributed by atoms with van der Waals surface area (Å²) in [5.74, 6) is 1.24. The molecule has 0 aliphatic carbocycles. The maximum Gasteiger partial charge on any atom is 0.253 e. The van der Waals surface area contributed by atoms with Gasteiger partial charge in [-0.3, -0.25) is 0 Å². The van der Waals surface area contributed by atoms with Crippen LogP contribution in [-0.2, 0) is 23.6 Å². The van der Waals surface area contributed by atoms with Gasteiger partial charge < -0.3 is 0 Å². The van der Waals surface area contributed by atoms with Gasteiger partial charge in [0.1, 0.15) is 12.4 Å². The van der Waals surface area contributed by atoms with E-state index >= 15 is 0 Å². The molecule has 2 rings (SSSR count). The van der Waals surface area contributed by atoms with Gasteiger partial charge in [-0.25, -0.2) is 22.4 Å². The zero-order chi connectivity index (χ0) is 16.9. The molecule has 0 atom stereocenters. The molecule has 0 radical (unpaired) electrons. The first-order valence-electron chi connectivity index (χ1n) is 7.48. The molecule has 0 aromatic carbocycles. The lowest BCUT2D eigenvalue weighted by atomic mass is 10.3. The number of sulfonamides is 1. The van der Waals surface area contributed by atoms with E-state index in [1.807, 2.05) is 48.4 Å². The van der Waals surface area contributed by atoms with Crippen LogP contribution < -0.4 is 9.40 Å². The molecular weight excluding hydrogens is 332 g/mol. The highest BCUT2D eigenvalue weighted by atomic mass is 32.2. The Labute approximate surface area is 141 Å². The monoisotopic (exact) mass is 355 g/mol. The van der Waals surface area contributed by atoms with Crippen molar-refractivity contribution in [3.63, 3.8) is 0 Å². The van der Waals surface area contributed by atoms with Crippen molar-refractivity contribution in [2.24, 2.45) is 12.1 Å². The van der Waals surface area contributed by atoms with Crippen LogP contribution in [0, 0.1) is 6.92 Å². The number of unbranched alkanes of at least 4 members (excludes halogenated alkanes) is 1. The molecule has 0 saturated carbocycles. The second-order valence-corrected chi connectivity index (χ2v) is 8.21. The van der Waals surface area contributed by atoms with Crippen LogP contribution in [0.3, 0.4) is 0 Å². The van der Waals surface area contributed by atoms with Crippen molar-refractivity contribution in [3.8, 4) is 0 Å². The van der Waals surface area contributed by atoms with Crippen LogP contribution in [0.4, 0.5) is 0 Å². The molecule has 2 heterocycles. The molecule has 8 heteroatoms. The number of aryl methyl sites for hydroxylation is 2. The molecule has 0 aliphatic heterocycles. The molecule has 126 valence electrons. The molecule has 23 heavy (non-hydrogen) atoms. The van der Waals surface area contributed by atoms with Gasteiger partial charge in [0.15, 0.2) is 0 Å². The number of nitrogens with one attached hydrogen (secondary N) is 1. The van der Waals surface area contributed by atoms with Gasteiger partial charge in [0, 0.05) is 6.92 Å². The fourth-order valence-electron chi connectivity index (χ4n) is 2.13. The largest absolute Gasteiger partial charge is 0.253 e. The first-order valence-corrected chi connectivity index (χ1v) is 10.0. The maximum absolute atomic E-state index is 12.0. The Kier molecular flexibility index (Phi) is 5.95. The summed E-state index contributed by atoms with van der Waals surface area (Å²) in [6.45, 7) is 4.66. The summed E-state index contributed by atoms with van der Waals surface area (Å²) in [5.41, 5.74) is 0.680. The summed E-state index contributed by atoms with van der Waals surface area (Å²) in [4.78, 5) is 3.28. The highest BCUT2D eigenvalue weighted by Crippen LogP contribution is 2.09. The first kappa shape index (κ1) is 17.7. The van der Waals surface area contributed by atoms with Gasteiger partial charge >= 0.3 is 0 Å². The van der Waals surface area contributed by atoms with Crippen molar-refractivity contribution in [1.29, 1.82) is 0 Å². The zero-order valence-electron chi connectivity index (χ0n) is 13.7. The number of hydrazone groups is 1. The van der Waals surface area contributed by atoms with Crippen LogP contribution in [0.15, 0.2) is 35.0 Å².